The fourth-order valence-electron chi connectivity index (χ4n) is 1.97. The molecule has 9 heteroatoms. The van der Waals surface area contributed by atoms with Gasteiger partial charge in [-0.25, -0.2) is 21.8 Å². The first-order valence-electron chi connectivity index (χ1n) is 7.93. The van der Waals surface area contributed by atoms with Crippen LogP contribution in [-0.4, -0.2) is 33.6 Å². The maximum absolute atomic E-state index is 13.0. The van der Waals surface area contributed by atoms with E-state index in [9.17, 15) is 16.8 Å². The van der Waals surface area contributed by atoms with E-state index in [4.69, 9.17) is 0 Å². The third kappa shape index (κ3) is 4.21. The molecule has 0 aliphatic rings. The van der Waals surface area contributed by atoms with Crippen molar-refractivity contribution in [2.24, 2.45) is 0 Å². The summed E-state index contributed by atoms with van der Waals surface area (Å²) >= 11 is 0.870. The lowest BCUT2D eigenvalue weighted by Gasteiger charge is -2.12. The molecule has 0 saturated heterocycles. The predicted molar refractivity (Wildman–Crippen MR) is 99.8 cm³/mol. The van der Waals surface area contributed by atoms with Crippen LogP contribution in [0.3, 0.4) is 0 Å². The lowest BCUT2D eigenvalue weighted by Crippen LogP contribution is -2.15. The first-order chi connectivity index (χ1) is 11.6. The van der Waals surface area contributed by atoms with E-state index in [0.717, 1.165) is 23.3 Å². The van der Waals surface area contributed by atoms with Gasteiger partial charge in [-0.05, 0) is 32.4 Å². The van der Waals surface area contributed by atoms with Gasteiger partial charge < -0.3 is 5.32 Å². The van der Waals surface area contributed by atoms with Crippen LogP contribution >= 0.6 is 11.3 Å². The number of anilines is 1. The number of sulfone groups is 2. The Kier molecular flexibility index (Phi) is 5.90. The summed E-state index contributed by atoms with van der Waals surface area (Å²) in [6.45, 7) is 7.22. The molecule has 1 aromatic carbocycles. The normalized spacial score (nSPS) is 13.6. The molecule has 25 heavy (non-hydrogen) atoms. The molecule has 0 aliphatic heterocycles. The molecule has 0 saturated carbocycles. The minimum absolute atomic E-state index is 0.00963. The van der Waals surface area contributed by atoms with Gasteiger partial charge in [0, 0.05) is 6.04 Å². The third-order valence-corrected chi connectivity index (χ3v) is 8.80. The molecule has 138 valence electrons. The standard InChI is InChI=1S/C16H22N2O4S3/c1-5-12(4)17-14-15(18-16(23-14)24(19,20)6-2)25(21,22)13-9-7-11(3)8-10-13/h7-10,12,17H,5-6H2,1-4H3/t12-/m1/s1. The van der Waals surface area contributed by atoms with Gasteiger partial charge in [-0.1, -0.05) is 42.9 Å². The quantitative estimate of drug-likeness (QED) is 0.764. The molecule has 0 unspecified atom stereocenters. The number of hydrogen-bond acceptors (Lipinski definition) is 7. The van der Waals surface area contributed by atoms with E-state index in [1.807, 2.05) is 20.8 Å². The lowest BCUT2D eigenvalue weighted by atomic mass is 10.2. The molecule has 2 rings (SSSR count). The molecule has 0 amide bonds. The summed E-state index contributed by atoms with van der Waals surface area (Å²) in [5, 5.41) is 3.11. The van der Waals surface area contributed by atoms with Crippen LogP contribution < -0.4 is 5.32 Å². The molecule has 0 radical (unpaired) electrons. The Bertz CT molecular complexity index is 946. The Morgan fingerprint density at radius 1 is 1.12 bits per heavy atom. The van der Waals surface area contributed by atoms with Gasteiger partial charge in [-0.2, -0.15) is 0 Å². The molecule has 1 atom stereocenters. The second kappa shape index (κ2) is 7.43. The Morgan fingerprint density at radius 2 is 1.72 bits per heavy atom. The van der Waals surface area contributed by atoms with Crippen molar-refractivity contribution in [2.45, 2.75) is 54.4 Å². The first kappa shape index (κ1) is 19.9. The molecule has 1 heterocycles. The molecule has 1 aromatic heterocycles. The molecule has 1 N–H and O–H groups in total. The van der Waals surface area contributed by atoms with Gasteiger partial charge >= 0.3 is 0 Å². The number of aryl methyl sites for hydroxylation is 1. The summed E-state index contributed by atoms with van der Waals surface area (Å²) in [7, 11) is -7.50. The van der Waals surface area contributed by atoms with Gasteiger partial charge in [0.15, 0.2) is 5.03 Å². The largest absolute Gasteiger partial charge is 0.372 e. The molecule has 0 aliphatic carbocycles. The van der Waals surface area contributed by atoms with E-state index in [0.29, 0.717) is 0 Å². The molecule has 2 aromatic rings. The number of aromatic nitrogens is 1. The van der Waals surface area contributed by atoms with Gasteiger partial charge in [0.05, 0.1) is 10.6 Å². The summed E-state index contributed by atoms with van der Waals surface area (Å²) in [6, 6.07) is 6.40. The number of thiazole rings is 1. The Morgan fingerprint density at radius 3 is 2.24 bits per heavy atom. The minimum Gasteiger partial charge on any atom is -0.372 e. The SMILES string of the molecule is CC[C@@H](C)Nc1sc(S(=O)(=O)CC)nc1S(=O)(=O)c1ccc(C)cc1. The van der Waals surface area contributed by atoms with Gasteiger partial charge in [0.1, 0.15) is 5.00 Å². The van der Waals surface area contributed by atoms with Crippen molar-refractivity contribution in [1.29, 1.82) is 0 Å². The molecule has 0 bridgehead atoms. The van der Waals surface area contributed by atoms with Crippen molar-refractivity contribution >= 4 is 36.0 Å². The van der Waals surface area contributed by atoms with Crippen molar-refractivity contribution < 1.29 is 16.8 Å². The van der Waals surface area contributed by atoms with E-state index in [1.54, 1.807) is 12.1 Å². The highest BCUT2D eigenvalue weighted by Gasteiger charge is 2.30. The zero-order chi connectivity index (χ0) is 18.8. The molecule has 0 spiro atoms. The van der Waals surface area contributed by atoms with Crippen LogP contribution in [0.25, 0.3) is 0 Å². The first-order valence-corrected chi connectivity index (χ1v) is 11.9. The lowest BCUT2D eigenvalue weighted by molar-refractivity contribution is 0.589. The fourth-order valence-corrected chi connectivity index (χ4v) is 6.07. The zero-order valence-corrected chi connectivity index (χ0v) is 17.1. The molecular formula is C16H22N2O4S3. The fraction of sp³-hybridized carbons (Fsp3) is 0.438. The summed E-state index contributed by atoms with van der Waals surface area (Å²) in [4.78, 5) is 4.08. The van der Waals surface area contributed by atoms with Crippen LogP contribution in [0, 0.1) is 6.92 Å². The monoisotopic (exact) mass is 402 g/mol. The van der Waals surface area contributed by atoms with Crippen molar-refractivity contribution in [3.05, 3.63) is 29.8 Å². The summed E-state index contributed by atoms with van der Waals surface area (Å²) < 4.78 is 50.1. The van der Waals surface area contributed by atoms with E-state index in [-0.39, 0.29) is 31.1 Å². The molecular weight excluding hydrogens is 380 g/mol. The van der Waals surface area contributed by atoms with Gasteiger partial charge in [-0.15, -0.1) is 0 Å². The van der Waals surface area contributed by atoms with Crippen LogP contribution in [0.1, 0.15) is 32.8 Å². The van der Waals surface area contributed by atoms with Gasteiger partial charge in [0.2, 0.25) is 24.0 Å². The van der Waals surface area contributed by atoms with Gasteiger partial charge in [-0.3, -0.25) is 0 Å². The second-order valence-electron chi connectivity index (χ2n) is 5.79. The van der Waals surface area contributed by atoms with Crippen LogP contribution in [0.5, 0.6) is 0 Å². The smallest absolute Gasteiger partial charge is 0.226 e. The highest BCUT2D eigenvalue weighted by Crippen LogP contribution is 2.35. The van der Waals surface area contributed by atoms with E-state index in [1.165, 1.54) is 19.1 Å². The van der Waals surface area contributed by atoms with Crippen molar-refractivity contribution in [3.63, 3.8) is 0 Å². The van der Waals surface area contributed by atoms with E-state index in [2.05, 4.69) is 10.3 Å². The van der Waals surface area contributed by atoms with Crippen molar-refractivity contribution in [2.75, 3.05) is 11.1 Å². The number of nitrogens with zero attached hydrogens (tertiary/aromatic N) is 1. The Balaban J connectivity index is 2.63. The highest BCUT2D eigenvalue weighted by atomic mass is 32.2. The van der Waals surface area contributed by atoms with E-state index >= 15 is 0 Å². The van der Waals surface area contributed by atoms with Crippen LogP contribution in [-0.2, 0) is 19.7 Å². The Hall–Kier alpha value is -1.45. The third-order valence-electron chi connectivity index (χ3n) is 3.80. The maximum Gasteiger partial charge on any atom is 0.226 e. The van der Waals surface area contributed by atoms with Crippen LogP contribution in [0.4, 0.5) is 5.00 Å². The predicted octanol–water partition coefficient (Wildman–Crippen LogP) is 3.29. The number of hydrogen-bond donors (Lipinski definition) is 1. The van der Waals surface area contributed by atoms with Gasteiger partial charge in [0.25, 0.3) is 0 Å². The van der Waals surface area contributed by atoms with Crippen LogP contribution in [0.15, 0.2) is 38.5 Å². The second-order valence-corrected chi connectivity index (χ2v) is 11.1. The average Bonchev–Trinajstić information content (AvgIpc) is 3.00. The van der Waals surface area contributed by atoms with Crippen LogP contribution in [0.2, 0.25) is 0 Å². The van der Waals surface area contributed by atoms with Crippen molar-refractivity contribution in [3.8, 4) is 0 Å². The maximum atomic E-state index is 13.0. The molecule has 6 nitrogen and oxygen atoms in total. The molecule has 0 fully saturated rings. The number of benzene rings is 1. The topological polar surface area (TPSA) is 93.2 Å². The minimum atomic E-state index is -3.92. The number of rotatable bonds is 7. The Labute approximate surface area is 153 Å². The van der Waals surface area contributed by atoms with Crippen molar-refractivity contribution in [1.82, 2.24) is 4.98 Å². The highest BCUT2D eigenvalue weighted by molar-refractivity contribution is 7.94. The van der Waals surface area contributed by atoms with E-state index < -0.39 is 19.7 Å². The summed E-state index contributed by atoms with van der Waals surface area (Å²) in [5.41, 5.74) is 0.935. The summed E-state index contributed by atoms with van der Waals surface area (Å²) in [6.07, 6.45) is 0.762. The summed E-state index contributed by atoms with van der Waals surface area (Å²) in [5.74, 6) is -0.132. The average molecular weight is 403 g/mol. The zero-order valence-electron chi connectivity index (χ0n) is 14.6. The number of nitrogens with one attached hydrogen (secondary N) is 1.